The number of aromatic nitrogens is 2. The summed E-state index contributed by atoms with van der Waals surface area (Å²) in [5.74, 6) is -0.908. The molecule has 0 bridgehead atoms. The third kappa shape index (κ3) is 4.40. The third-order valence-corrected chi connectivity index (χ3v) is 4.32. The summed E-state index contributed by atoms with van der Waals surface area (Å²) in [6, 6.07) is 7.25. The highest BCUT2D eigenvalue weighted by Crippen LogP contribution is 2.34. The molecule has 0 saturated carbocycles. The van der Waals surface area contributed by atoms with Crippen molar-refractivity contribution in [2.24, 2.45) is 12.8 Å². The Hall–Kier alpha value is -3.33. The van der Waals surface area contributed by atoms with E-state index in [2.05, 4.69) is 21.6 Å². The summed E-state index contributed by atoms with van der Waals surface area (Å²) in [6.45, 7) is 4.53. The smallest absolute Gasteiger partial charge is 0.406 e. The molecule has 1 aromatic heterocycles. The molecule has 152 valence electrons. The predicted molar refractivity (Wildman–Crippen MR) is 103 cm³/mol. The number of rotatable bonds is 7. The Morgan fingerprint density at radius 3 is 2.62 bits per heavy atom. The van der Waals surface area contributed by atoms with Gasteiger partial charge in [0.2, 0.25) is 0 Å². The average molecular weight is 404 g/mol. The fraction of sp³-hybridized carbons (Fsp3) is 0.200. The first-order valence-corrected chi connectivity index (χ1v) is 8.65. The molecule has 9 heteroatoms. The van der Waals surface area contributed by atoms with Crippen LogP contribution in [0.4, 0.5) is 13.2 Å². The summed E-state index contributed by atoms with van der Waals surface area (Å²) >= 11 is 0. The zero-order valence-corrected chi connectivity index (χ0v) is 15.6. The van der Waals surface area contributed by atoms with Crippen molar-refractivity contribution in [1.82, 2.24) is 14.9 Å². The molecule has 0 unspecified atom stereocenters. The highest BCUT2D eigenvalue weighted by Gasteiger charge is 2.31. The maximum Gasteiger partial charge on any atom is 0.573 e. The van der Waals surface area contributed by atoms with E-state index >= 15 is 0 Å². The van der Waals surface area contributed by atoms with Crippen molar-refractivity contribution in [2.45, 2.75) is 12.9 Å². The maximum atomic E-state index is 12.4. The number of primary amides is 1. The summed E-state index contributed by atoms with van der Waals surface area (Å²) in [5, 5.41) is 3.14. The lowest BCUT2D eigenvalue weighted by atomic mass is 9.96. The molecular weight excluding hydrogens is 385 g/mol. The topological polar surface area (TPSA) is 82.2 Å². The third-order valence-electron chi connectivity index (χ3n) is 4.32. The normalized spacial score (nSPS) is 11.6. The van der Waals surface area contributed by atoms with Gasteiger partial charge in [-0.2, -0.15) is 0 Å². The van der Waals surface area contributed by atoms with E-state index in [-0.39, 0.29) is 5.75 Å². The van der Waals surface area contributed by atoms with E-state index in [1.807, 2.05) is 0 Å². The fourth-order valence-corrected chi connectivity index (χ4v) is 3.17. The quantitative estimate of drug-likeness (QED) is 0.466. The Kier molecular flexibility index (Phi) is 5.60. The van der Waals surface area contributed by atoms with E-state index in [1.54, 1.807) is 30.1 Å². The molecule has 3 aromatic rings. The highest BCUT2D eigenvalue weighted by molar-refractivity contribution is 6.09. The average Bonchev–Trinajstić information content (AvgIpc) is 3.02. The molecule has 6 nitrogen and oxygen atoms in total. The molecule has 0 aliphatic rings. The minimum absolute atomic E-state index is 0.319. The number of nitrogens with one attached hydrogen (secondary N) is 1. The van der Waals surface area contributed by atoms with Crippen molar-refractivity contribution in [3.8, 4) is 16.9 Å². The molecule has 0 radical (unpaired) electrons. The van der Waals surface area contributed by atoms with Gasteiger partial charge in [0, 0.05) is 25.7 Å². The number of hydrogen-bond donors (Lipinski definition) is 2. The standard InChI is InChI=1S/C20H19F3N4O2/c1-3-8-25-10-13-9-15(12-4-6-14(7-5-12)29-20(21,22)23)17-18(16(13)19(24)28)27(2)11-26-17/h3-7,9,11,25H,1,8,10H2,2H3,(H2,24,28). The van der Waals surface area contributed by atoms with Crippen molar-refractivity contribution in [1.29, 1.82) is 0 Å². The van der Waals surface area contributed by atoms with Gasteiger partial charge in [-0.15, -0.1) is 19.8 Å². The lowest BCUT2D eigenvalue weighted by Gasteiger charge is -2.14. The van der Waals surface area contributed by atoms with Crippen molar-refractivity contribution in [3.63, 3.8) is 0 Å². The van der Waals surface area contributed by atoms with Crippen molar-refractivity contribution in [2.75, 3.05) is 6.54 Å². The van der Waals surface area contributed by atoms with Crippen LogP contribution in [0.15, 0.2) is 49.3 Å². The van der Waals surface area contributed by atoms with E-state index in [1.165, 1.54) is 24.3 Å². The Morgan fingerprint density at radius 1 is 1.34 bits per heavy atom. The van der Waals surface area contributed by atoms with E-state index in [0.29, 0.717) is 46.4 Å². The molecule has 0 saturated heterocycles. The fourth-order valence-electron chi connectivity index (χ4n) is 3.17. The van der Waals surface area contributed by atoms with E-state index in [0.717, 1.165) is 0 Å². The van der Waals surface area contributed by atoms with Crippen LogP contribution < -0.4 is 15.8 Å². The zero-order chi connectivity index (χ0) is 21.2. The van der Waals surface area contributed by atoms with E-state index in [9.17, 15) is 18.0 Å². The number of halogens is 3. The maximum absolute atomic E-state index is 12.4. The van der Waals surface area contributed by atoms with Crippen LogP contribution in [0.1, 0.15) is 15.9 Å². The van der Waals surface area contributed by atoms with Gasteiger partial charge in [0.1, 0.15) is 5.75 Å². The van der Waals surface area contributed by atoms with Gasteiger partial charge >= 0.3 is 6.36 Å². The minimum atomic E-state index is -4.76. The first-order chi connectivity index (χ1) is 13.7. The van der Waals surface area contributed by atoms with Crippen LogP contribution in [0, 0.1) is 0 Å². The Morgan fingerprint density at radius 2 is 2.03 bits per heavy atom. The SMILES string of the molecule is C=CCNCc1cc(-c2ccc(OC(F)(F)F)cc2)c2ncn(C)c2c1C(N)=O. The van der Waals surface area contributed by atoms with Crippen LogP contribution in [0.5, 0.6) is 5.75 Å². The van der Waals surface area contributed by atoms with Crippen molar-refractivity contribution < 1.29 is 22.7 Å². The molecule has 0 fully saturated rings. The molecule has 1 heterocycles. The number of hydrogen-bond acceptors (Lipinski definition) is 4. The molecule has 0 spiro atoms. The lowest BCUT2D eigenvalue weighted by Crippen LogP contribution is -2.20. The van der Waals surface area contributed by atoms with Crippen molar-refractivity contribution >= 4 is 16.9 Å². The molecule has 3 rings (SSSR count). The molecule has 3 N–H and O–H groups in total. The van der Waals surface area contributed by atoms with Crippen LogP contribution in [0.25, 0.3) is 22.2 Å². The Bertz CT molecular complexity index is 1060. The van der Waals surface area contributed by atoms with Gasteiger partial charge in [0.05, 0.1) is 22.9 Å². The van der Waals surface area contributed by atoms with Gasteiger partial charge < -0.3 is 20.4 Å². The van der Waals surface area contributed by atoms with Gasteiger partial charge in [0.15, 0.2) is 0 Å². The van der Waals surface area contributed by atoms with Gasteiger partial charge in [-0.1, -0.05) is 18.2 Å². The number of carbonyl (C=O) groups excluding carboxylic acids is 1. The monoisotopic (exact) mass is 404 g/mol. The summed E-state index contributed by atoms with van der Waals surface area (Å²) in [5.41, 5.74) is 9.01. The van der Waals surface area contributed by atoms with Gasteiger partial charge in [-0.05, 0) is 29.3 Å². The summed E-state index contributed by atoms with van der Waals surface area (Å²) in [6.07, 6.45) is -1.52. The number of benzene rings is 2. The second kappa shape index (κ2) is 7.96. The number of alkyl halides is 3. The van der Waals surface area contributed by atoms with Crippen LogP contribution in [-0.4, -0.2) is 28.4 Å². The van der Waals surface area contributed by atoms with Gasteiger partial charge in [-0.25, -0.2) is 4.98 Å². The predicted octanol–water partition coefficient (Wildman–Crippen LogP) is 3.51. The highest BCUT2D eigenvalue weighted by atomic mass is 19.4. The number of imidazole rings is 1. The number of amides is 1. The minimum Gasteiger partial charge on any atom is -0.406 e. The number of nitrogens with two attached hydrogens (primary N) is 1. The van der Waals surface area contributed by atoms with Crippen LogP contribution in [0.3, 0.4) is 0 Å². The van der Waals surface area contributed by atoms with E-state index < -0.39 is 12.3 Å². The molecule has 0 aliphatic heterocycles. The summed E-state index contributed by atoms with van der Waals surface area (Å²) in [7, 11) is 1.74. The van der Waals surface area contributed by atoms with Crippen LogP contribution >= 0.6 is 0 Å². The summed E-state index contributed by atoms with van der Waals surface area (Å²) in [4.78, 5) is 16.5. The van der Waals surface area contributed by atoms with Crippen LogP contribution in [0.2, 0.25) is 0 Å². The van der Waals surface area contributed by atoms with Crippen LogP contribution in [-0.2, 0) is 13.6 Å². The Balaban J connectivity index is 2.13. The molecule has 2 aromatic carbocycles. The first-order valence-electron chi connectivity index (χ1n) is 8.65. The molecular formula is C20H19F3N4O2. The second-order valence-electron chi connectivity index (χ2n) is 6.37. The Labute approximate surface area is 164 Å². The summed E-state index contributed by atoms with van der Waals surface area (Å²) < 4.78 is 42.8. The molecule has 0 aliphatic carbocycles. The first kappa shape index (κ1) is 20.4. The number of nitrogens with zero attached hydrogens (tertiary/aromatic N) is 2. The molecule has 29 heavy (non-hydrogen) atoms. The largest absolute Gasteiger partial charge is 0.573 e. The van der Waals surface area contributed by atoms with Gasteiger partial charge in [-0.3, -0.25) is 4.79 Å². The molecule has 1 amide bonds. The number of ether oxygens (including phenoxy) is 1. The second-order valence-corrected chi connectivity index (χ2v) is 6.37. The number of carbonyl (C=O) groups is 1. The van der Waals surface area contributed by atoms with Crippen molar-refractivity contribution in [3.05, 3.63) is 60.4 Å². The zero-order valence-electron chi connectivity index (χ0n) is 15.6. The number of aryl methyl sites for hydroxylation is 1. The van der Waals surface area contributed by atoms with E-state index in [4.69, 9.17) is 5.73 Å². The lowest BCUT2D eigenvalue weighted by molar-refractivity contribution is -0.274. The van der Waals surface area contributed by atoms with Gasteiger partial charge in [0.25, 0.3) is 5.91 Å². The molecule has 0 atom stereocenters. The number of fused-ring (bicyclic) bond motifs is 1.